The zero-order valence-corrected chi connectivity index (χ0v) is 12.1. The topological polar surface area (TPSA) is 29.1 Å². The third kappa shape index (κ3) is 3.02. The highest BCUT2D eigenvalue weighted by molar-refractivity contribution is 9.10. The summed E-state index contributed by atoms with van der Waals surface area (Å²) in [7, 11) is 0. The van der Waals surface area contributed by atoms with Crippen LogP contribution in [0, 0.1) is 5.41 Å². The van der Waals surface area contributed by atoms with Crippen molar-refractivity contribution in [1.29, 1.82) is 0 Å². The van der Waals surface area contributed by atoms with Crippen molar-refractivity contribution in [3.63, 3.8) is 0 Å². The van der Waals surface area contributed by atoms with Crippen molar-refractivity contribution in [2.75, 3.05) is 6.54 Å². The van der Waals surface area contributed by atoms with E-state index < -0.39 is 0 Å². The van der Waals surface area contributed by atoms with Crippen LogP contribution in [0.4, 0.5) is 0 Å². The first-order chi connectivity index (χ1) is 8.06. The van der Waals surface area contributed by atoms with Gasteiger partial charge in [0, 0.05) is 16.6 Å². The van der Waals surface area contributed by atoms with E-state index in [0.29, 0.717) is 16.0 Å². The minimum Gasteiger partial charge on any atom is -0.351 e. The Bertz CT molecular complexity index is 443. The molecule has 1 amide bonds. The third-order valence-electron chi connectivity index (χ3n) is 3.51. The van der Waals surface area contributed by atoms with E-state index in [1.807, 2.05) is 0 Å². The van der Waals surface area contributed by atoms with E-state index >= 15 is 0 Å². The van der Waals surface area contributed by atoms with Crippen molar-refractivity contribution in [2.24, 2.45) is 5.41 Å². The van der Waals surface area contributed by atoms with Crippen LogP contribution in [0.5, 0.6) is 0 Å². The molecule has 0 aliphatic heterocycles. The second-order valence-corrected chi connectivity index (χ2v) is 5.93. The van der Waals surface area contributed by atoms with Gasteiger partial charge in [0.2, 0.25) is 0 Å². The quantitative estimate of drug-likeness (QED) is 0.893. The van der Waals surface area contributed by atoms with E-state index in [1.54, 1.807) is 18.2 Å². The molecule has 4 heteroatoms. The Balaban J connectivity index is 1.97. The summed E-state index contributed by atoms with van der Waals surface area (Å²) in [6.45, 7) is 2.95. The number of rotatable bonds is 4. The number of halogens is 2. The molecular formula is C13H15BrClNO. The largest absolute Gasteiger partial charge is 0.351 e. The summed E-state index contributed by atoms with van der Waals surface area (Å²) >= 11 is 9.27. The van der Waals surface area contributed by atoms with Gasteiger partial charge in [0.05, 0.1) is 5.02 Å². The Hall–Kier alpha value is -0.540. The summed E-state index contributed by atoms with van der Waals surface area (Å²) in [4.78, 5) is 11.9. The summed E-state index contributed by atoms with van der Waals surface area (Å²) in [5, 5.41) is 3.55. The van der Waals surface area contributed by atoms with E-state index in [9.17, 15) is 4.79 Å². The fraction of sp³-hybridized carbons (Fsp3) is 0.462. The van der Waals surface area contributed by atoms with Gasteiger partial charge in [0.25, 0.3) is 5.91 Å². The van der Waals surface area contributed by atoms with Crippen LogP contribution in [0.1, 0.15) is 36.5 Å². The molecule has 2 rings (SSSR count). The van der Waals surface area contributed by atoms with Gasteiger partial charge in [0.15, 0.2) is 0 Å². The highest BCUT2D eigenvalue weighted by Gasteiger charge is 2.40. The van der Waals surface area contributed by atoms with Gasteiger partial charge in [0.1, 0.15) is 0 Å². The summed E-state index contributed by atoms with van der Waals surface area (Å²) < 4.78 is 0.808. The molecule has 0 radical (unpaired) electrons. The fourth-order valence-corrected chi connectivity index (χ4v) is 2.27. The van der Waals surface area contributed by atoms with Crippen LogP contribution in [-0.4, -0.2) is 12.5 Å². The molecule has 0 atom stereocenters. The lowest BCUT2D eigenvalue weighted by Gasteiger charge is -2.13. The monoisotopic (exact) mass is 315 g/mol. The van der Waals surface area contributed by atoms with Gasteiger partial charge in [-0.2, -0.15) is 0 Å². The number of amides is 1. The molecule has 0 saturated heterocycles. The maximum Gasteiger partial charge on any atom is 0.251 e. The van der Waals surface area contributed by atoms with Gasteiger partial charge in [-0.1, -0.05) is 18.5 Å². The Morgan fingerprint density at radius 2 is 2.24 bits per heavy atom. The summed E-state index contributed by atoms with van der Waals surface area (Å²) in [5.74, 6) is -0.0425. The maximum atomic E-state index is 11.9. The van der Waals surface area contributed by atoms with Gasteiger partial charge in [-0.25, -0.2) is 0 Å². The summed E-state index contributed by atoms with van der Waals surface area (Å²) in [6, 6.07) is 5.26. The maximum absolute atomic E-state index is 11.9. The molecule has 1 fully saturated rings. The van der Waals surface area contributed by atoms with Crippen molar-refractivity contribution in [2.45, 2.75) is 26.2 Å². The van der Waals surface area contributed by atoms with Crippen molar-refractivity contribution >= 4 is 33.4 Å². The van der Waals surface area contributed by atoms with Crippen LogP contribution in [0.2, 0.25) is 5.02 Å². The standard InChI is InChI=1S/C13H15BrClNO/c1-2-13(5-6-13)8-16-12(17)9-3-4-10(14)11(15)7-9/h3-4,7H,2,5-6,8H2,1H3,(H,16,17). The van der Waals surface area contributed by atoms with Gasteiger partial charge in [-0.05, 0) is 58.8 Å². The Labute approximate surface area is 115 Å². The summed E-state index contributed by atoms with van der Waals surface area (Å²) in [5.41, 5.74) is 0.986. The first-order valence-electron chi connectivity index (χ1n) is 5.79. The molecule has 1 aromatic carbocycles. The molecule has 0 unspecified atom stereocenters. The van der Waals surface area contributed by atoms with Crippen LogP contribution < -0.4 is 5.32 Å². The van der Waals surface area contributed by atoms with E-state index in [2.05, 4.69) is 28.2 Å². The average molecular weight is 317 g/mol. The minimum atomic E-state index is -0.0425. The molecule has 92 valence electrons. The lowest BCUT2D eigenvalue weighted by atomic mass is 10.0. The van der Waals surface area contributed by atoms with Crippen molar-refractivity contribution < 1.29 is 4.79 Å². The molecule has 1 aliphatic carbocycles. The van der Waals surface area contributed by atoms with Crippen molar-refractivity contribution in [3.8, 4) is 0 Å². The van der Waals surface area contributed by atoms with Crippen molar-refractivity contribution in [1.82, 2.24) is 5.32 Å². The van der Waals surface area contributed by atoms with Gasteiger partial charge in [-0.15, -0.1) is 0 Å². The molecule has 0 aromatic heterocycles. The van der Waals surface area contributed by atoms with E-state index in [0.717, 1.165) is 17.4 Å². The van der Waals surface area contributed by atoms with Crippen LogP contribution in [0.15, 0.2) is 22.7 Å². The molecule has 17 heavy (non-hydrogen) atoms. The molecular weight excluding hydrogens is 302 g/mol. The molecule has 1 aromatic rings. The molecule has 0 heterocycles. The zero-order chi connectivity index (χ0) is 12.5. The van der Waals surface area contributed by atoms with Gasteiger partial charge >= 0.3 is 0 Å². The average Bonchev–Trinajstić information content (AvgIpc) is 3.10. The second kappa shape index (κ2) is 4.99. The number of hydrogen-bond acceptors (Lipinski definition) is 1. The van der Waals surface area contributed by atoms with Crippen molar-refractivity contribution in [3.05, 3.63) is 33.3 Å². The number of nitrogens with one attached hydrogen (secondary N) is 1. The number of carbonyl (C=O) groups is 1. The minimum absolute atomic E-state index is 0.0425. The first kappa shape index (κ1) is 12.9. The highest BCUT2D eigenvalue weighted by Crippen LogP contribution is 2.47. The van der Waals surface area contributed by atoms with Crippen LogP contribution in [0.25, 0.3) is 0 Å². The van der Waals surface area contributed by atoms with Crippen LogP contribution in [-0.2, 0) is 0 Å². The van der Waals surface area contributed by atoms with Gasteiger partial charge < -0.3 is 5.32 Å². The zero-order valence-electron chi connectivity index (χ0n) is 9.72. The first-order valence-corrected chi connectivity index (χ1v) is 6.97. The fourth-order valence-electron chi connectivity index (χ4n) is 1.84. The number of benzene rings is 1. The molecule has 2 nitrogen and oxygen atoms in total. The Kier molecular flexibility index (Phi) is 3.79. The van der Waals surface area contributed by atoms with Crippen LogP contribution in [0.3, 0.4) is 0 Å². The smallest absolute Gasteiger partial charge is 0.251 e. The predicted octanol–water partition coefficient (Wildman–Crippen LogP) is 4.02. The molecule has 0 spiro atoms. The van der Waals surface area contributed by atoms with Gasteiger partial charge in [-0.3, -0.25) is 4.79 Å². The molecule has 0 bridgehead atoms. The normalized spacial score (nSPS) is 16.6. The molecule has 1 aliphatic rings. The highest BCUT2D eigenvalue weighted by atomic mass is 79.9. The second-order valence-electron chi connectivity index (χ2n) is 4.67. The number of hydrogen-bond donors (Lipinski definition) is 1. The predicted molar refractivity (Wildman–Crippen MR) is 73.4 cm³/mol. The summed E-state index contributed by atoms with van der Waals surface area (Å²) in [6.07, 6.45) is 3.59. The van der Waals surface area contributed by atoms with E-state index in [4.69, 9.17) is 11.6 Å². The lowest BCUT2D eigenvalue weighted by molar-refractivity contribution is 0.0944. The number of carbonyl (C=O) groups excluding carboxylic acids is 1. The lowest BCUT2D eigenvalue weighted by Crippen LogP contribution is -2.29. The SMILES string of the molecule is CCC1(CNC(=O)c2ccc(Br)c(Cl)c2)CC1. The van der Waals surface area contributed by atoms with E-state index in [1.165, 1.54) is 12.8 Å². The Morgan fingerprint density at radius 1 is 1.53 bits per heavy atom. The Morgan fingerprint density at radius 3 is 2.76 bits per heavy atom. The molecule has 1 saturated carbocycles. The third-order valence-corrected chi connectivity index (χ3v) is 4.75. The molecule has 1 N–H and O–H groups in total. The van der Waals surface area contributed by atoms with E-state index in [-0.39, 0.29) is 5.91 Å². The van der Waals surface area contributed by atoms with Crippen LogP contribution >= 0.6 is 27.5 Å².